The van der Waals surface area contributed by atoms with Crippen LogP contribution in [0.15, 0.2) is 30.3 Å². The molecule has 1 aromatic carbocycles. The van der Waals surface area contributed by atoms with E-state index in [0.717, 1.165) is 11.3 Å². The monoisotopic (exact) mass is 242 g/mol. The Bertz CT molecular complexity index is 520. The van der Waals surface area contributed by atoms with E-state index in [2.05, 4.69) is 0 Å². The van der Waals surface area contributed by atoms with E-state index in [9.17, 15) is 9.59 Å². The van der Waals surface area contributed by atoms with Crippen LogP contribution in [0.25, 0.3) is 6.08 Å². The van der Waals surface area contributed by atoms with Crippen LogP contribution in [-0.4, -0.2) is 23.4 Å². The van der Waals surface area contributed by atoms with E-state index >= 15 is 0 Å². The van der Waals surface area contributed by atoms with Gasteiger partial charge in [-0.3, -0.25) is 14.6 Å². The first-order chi connectivity index (χ1) is 8.77. The molecule has 2 amide bonds. The van der Waals surface area contributed by atoms with Crippen LogP contribution in [0.1, 0.15) is 24.8 Å². The van der Waals surface area contributed by atoms with Crippen molar-refractivity contribution in [1.29, 1.82) is 0 Å². The number of rotatable bonds is 1. The molecule has 1 saturated heterocycles. The number of amides is 2. The second kappa shape index (κ2) is 4.29. The van der Waals surface area contributed by atoms with Gasteiger partial charge in [0.2, 0.25) is 11.8 Å². The number of hydrogen-bond acceptors (Lipinski definition) is 3. The van der Waals surface area contributed by atoms with Gasteiger partial charge in [-0.05, 0) is 18.1 Å². The number of carbonyl (C=O) groups is 2. The minimum Gasteiger partial charge on any atom is -0.273 e. The van der Waals surface area contributed by atoms with Gasteiger partial charge in [0.15, 0.2) is 0 Å². The molecule has 2 aliphatic rings. The minimum absolute atomic E-state index is 0.101. The van der Waals surface area contributed by atoms with Crippen molar-refractivity contribution in [3.8, 4) is 0 Å². The number of piperidine rings is 1. The third-order valence-electron chi connectivity index (χ3n) is 3.29. The van der Waals surface area contributed by atoms with Crippen molar-refractivity contribution in [2.24, 2.45) is 0 Å². The zero-order valence-corrected chi connectivity index (χ0v) is 10.0. The number of anilines is 1. The first kappa shape index (κ1) is 11.0. The molecular weight excluding hydrogens is 228 g/mol. The molecule has 4 nitrogen and oxygen atoms in total. The molecule has 1 aromatic rings. The number of nitrogens with zero attached hydrogens (tertiary/aromatic N) is 2. The Hall–Kier alpha value is -2.10. The standard InChI is InChI=1S/C14H14N2O2/c17-13-8-3-9-14(18)16(13)15-10-4-6-11-5-1-2-7-12(11)15/h1-2,4-7H,3,8-10H2. The molecule has 92 valence electrons. The van der Waals surface area contributed by atoms with Crippen LogP contribution in [0.4, 0.5) is 5.69 Å². The van der Waals surface area contributed by atoms with Gasteiger partial charge in [-0.25, -0.2) is 0 Å². The third-order valence-corrected chi connectivity index (χ3v) is 3.29. The summed E-state index contributed by atoms with van der Waals surface area (Å²) in [4.78, 5) is 23.9. The van der Waals surface area contributed by atoms with Crippen molar-refractivity contribution in [2.75, 3.05) is 11.6 Å². The number of imide groups is 1. The second-order valence-corrected chi connectivity index (χ2v) is 4.50. The van der Waals surface area contributed by atoms with Crippen molar-refractivity contribution in [3.05, 3.63) is 35.9 Å². The predicted octanol–water partition coefficient (Wildman–Crippen LogP) is 1.97. The average Bonchev–Trinajstić information content (AvgIpc) is 2.39. The fourth-order valence-corrected chi connectivity index (χ4v) is 2.44. The molecule has 0 unspecified atom stereocenters. The van der Waals surface area contributed by atoms with Crippen LogP contribution in [0.3, 0.4) is 0 Å². The summed E-state index contributed by atoms with van der Waals surface area (Å²) in [5.74, 6) is -0.201. The van der Waals surface area contributed by atoms with Crippen molar-refractivity contribution in [1.82, 2.24) is 5.01 Å². The van der Waals surface area contributed by atoms with Gasteiger partial charge in [-0.1, -0.05) is 30.4 Å². The normalized spacial score (nSPS) is 19.1. The van der Waals surface area contributed by atoms with E-state index in [4.69, 9.17) is 0 Å². The second-order valence-electron chi connectivity index (χ2n) is 4.50. The Labute approximate surface area is 105 Å². The van der Waals surface area contributed by atoms with Crippen LogP contribution in [0.5, 0.6) is 0 Å². The van der Waals surface area contributed by atoms with Crippen LogP contribution in [0, 0.1) is 0 Å². The maximum absolute atomic E-state index is 12.0. The van der Waals surface area contributed by atoms with Gasteiger partial charge in [0.05, 0.1) is 12.2 Å². The van der Waals surface area contributed by atoms with Gasteiger partial charge >= 0.3 is 0 Å². The number of hydrazine groups is 1. The Morgan fingerprint density at radius 2 is 1.72 bits per heavy atom. The lowest BCUT2D eigenvalue weighted by Gasteiger charge is -2.38. The fraction of sp³-hybridized carbons (Fsp3) is 0.286. The highest BCUT2D eigenvalue weighted by Gasteiger charge is 2.32. The number of carbonyl (C=O) groups excluding carboxylic acids is 2. The number of benzene rings is 1. The molecule has 0 aromatic heterocycles. The van der Waals surface area contributed by atoms with E-state index in [-0.39, 0.29) is 11.8 Å². The highest BCUT2D eigenvalue weighted by Crippen LogP contribution is 2.29. The summed E-state index contributed by atoms with van der Waals surface area (Å²) < 4.78 is 0. The lowest BCUT2D eigenvalue weighted by atomic mass is 10.1. The van der Waals surface area contributed by atoms with Crippen LogP contribution in [-0.2, 0) is 9.59 Å². The first-order valence-corrected chi connectivity index (χ1v) is 6.16. The summed E-state index contributed by atoms with van der Waals surface area (Å²) in [7, 11) is 0. The first-order valence-electron chi connectivity index (χ1n) is 6.16. The lowest BCUT2D eigenvalue weighted by Crippen LogP contribution is -2.53. The maximum atomic E-state index is 12.0. The van der Waals surface area contributed by atoms with Crippen molar-refractivity contribution in [2.45, 2.75) is 19.3 Å². The number of para-hydroxylation sites is 1. The molecule has 18 heavy (non-hydrogen) atoms. The number of hydrogen-bond donors (Lipinski definition) is 0. The highest BCUT2D eigenvalue weighted by atomic mass is 16.2. The average molecular weight is 242 g/mol. The molecule has 0 N–H and O–H groups in total. The largest absolute Gasteiger partial charge is 0.273 e. The van der Waals surface area contributed by atoms with Crippen molar-refractivity contribution in [3.63, 3.8) is 0 Å². The predicted molar refractivity (Wildman–Crippen MR) is 68.5 cm³/mol. The molecule has 0 aliphatic carbocycles. The van der Waals surface area contributed by atoms with E-state index in [1.54, 1.807) is 5.01 Å². The van der Waals surface area contributed by atoms with Crippen molar-refractivity contribution >= 4 is 23.6 Å². The highest BCUT2D eigenvalue weighted by molar-refractivity contribution is 5.99. The Balaban J connectivity index is 2.00. The Kier molecular flexibility index (Phi) is 2.63. The zero-order valence-electron chi connectivity index (χ0n) is 10.0. The molecule has 2 aliphatic heterocycles. The summed E-state index contributed by atoms with van der Waals surface area (Å²) in [6.07, 6.45) is 5.56. The van der Waals surface area contributed by atoms with Crippen LogP contribution >= 0.6 is 0 Å². The summed E-state index contributed by atoms with van der Waals surface area (Å²) >= 11 is 0. The molecular formula is C14H14N2O2. The van der Waals surface area contributed by atoms with E-state index < -0.39 is 0 Å². The van der Waals surface area contributed by atoms with Gasteiger partial charge in [0.1, 0.15) is 0 Å². The van der Waals surface area contributed by atoms with Gasteiger partial charge in [0, 0.05) is 12.8 Å². The van der Waals surface area contributed by atoms with Crippen LogP contribution < -0.4 is 5.01 Å². The summed E-state index contributed by atoms with van der Waals surface area (Å²) in [6.45, 7) is 0.564. The summed E-state index contributed by atoms with van der Waals surface area (Å²) in [6, 6.07) is 7.79. The summed E-state index contributed by atoms with van der Waals surface area (Å²) in [5.41, 5.74) is 1.96. The Morgan fingerprint density at radius 3 is 2.50 bits per heavy atom. The fourth-order valence-electron chi connectivity index (χ4n) is 2.44. The molecule has 0 spiro atoms. The molecule has 0 radical (unpaired) electrons. The smallest absolute Gasteiger partial charge is 0.248 e. The number of fused-ring (bicyclic) bond motifs is 1. The minimum atomic E-state index is -0.101. The molecule has 2 heterocycles. The third kappa shape index (κ3) is 1.70. The van der Waals surface area contributed by atoms with Crippen LogP contribution in [0.2, 0.25) is 0 Å². The van der Waals surface area contributed by atoms with Gasteiger partial charge < -0.3 is 0 Å². The SMILES string of the molecule is O=C1CCCC(=O)N1N1CC=Cc2ccccc21. The molecule has 1 fully saturated rings. The summed E-state index contributed by atoms with van der Waals surface area (Å²) in [5, 5.41) is 3.09. The van der Waals surface area contributed by atoms with Gasteiger partial charge in [0.25, 0.3) is 0 Å². The molecule has 3 rings (SSSR count). The maximum Gasteiger partial charge on any atom is 0.248 e. The van der Waals surface area contributed by atoms with Crippen molar-refractivity contribution < 1.29 is 9.59 Å². The molecule has 0 atom stereocenters. The molecule has 4 heteroatoms. The quantitative estimate of drug-likeness (QED) is 0.707. The van der Waals surface area contributed by atoms with Gasteiger partial charge in [-0.15, -0.1) is 0 Å². The zero-order chi connectivity index (χ0) is 12.5. The molecule has 0 saturated carbocycles. The van der Waals surface area contributed by atoms with E-state index in [1.807, 2.05) is 36.4 Å². The van der Waals surface area contributed by atoms with Gasteiger partial charge in [-0.2, -0.15) is 5.01 Å². The van der Waals surface area contributed by atoms with E-state index in [1.165, 1.54) is 5.01 Å². The van der Waals surface area contributed by atoms with E-state index in [0.29, 0.717) is 25.8 Å². The lowest BCUT2D eigenvalue weighted by molar-refractivity contribution is -0.148. The topological polar surface area (TPSA) is 40.6 Å². The molecule has 0 bridgehead atoms. The Morgan fingerprint density at radius 1 is 1.00 bits per heavy atom.